The molecule has 3 aromatic carbocycles. The molecule has 0 spiro atoms. The van der Waals surface area contributed by atoms with Crippen LogP contribution in [0.2, 0.25) is 0 Å². The fourth-order valence-electron chi connectivity index (χ4n) is 4.74. The fraction of sp³-hybridized carbons (Fsp3) is 0.324. The molecule has 0 saturated carbocycles. The zero-order valence-corrected chi connectivity index (χ0v) is 24.2. The summed E-state index contributed by atoms with van der Waals surface area (Å²) in [5.41, 5.74) is 9.77. The molecule has 1 heterocycles. The summed E-state index contributed by atoms with van der Waals surface area (Å²) >= 11 is 0. The highest BCUT2D eigenvalue weighted by molar-refractivity contribution is 5.65. The maximum Gasteiger partial charge on any atom is 0.122 e. The van der Waals surface area contributed by atoms with E-state index in [1.807, 2.05) is 37.4 Å². The van der Waals surface area contributed by atoms with Crippen molar-refractivity contribution in [1.29, 1.82) is 0 Å². The number of benzene rings is 3. The van der Waals surface area contributed by atoms with Gasteiger partial charge in [-0.05, 0) is 84.0 Å². The number of aryl methyl sites for hydroxylation is 2. The van der Waals surface area contributed by atoms with E-state index < -0.39 is 0 Å². The molecule has 0 radical (unpaired) electrons. The summed E-state index contributed by atoms with van der Waals surface area (Å²) in [7, 11) is 0. The molecule has 0 unspecified atom stereocenters. The topological polar surface area (TPSA) is 95.9 Å². The second-order valence-corrected chi connectivity index (χ2v) is 10.2. The van der Waals surface area contributed by atoms with Gasteiger partial charge in [-0.15, -0.1) is 0 Å². The van der Waals surface area contributed by atoms with E-state index >= 15 is 0 Å². The predicted octanol–water partition coefficient (Wildman–Crippen LogP) is 5.00. The second-order valence-electron chi connectivity index (χ2n) is 10.2. The number of ether oxygens (including phenoxy) is 2. The molecule has 0 bridgehead atoms. The van der Waals surface area contributed by atoms with Crippen LogP contribution in [0.4, 0.5) is 0 Å². The fourth-order valence-corrected chi connectivity index (χ4v) is 4.74. The molecule has 1 aromatic heterocycles. The van der Waals surface area contributed by atoms with E-state index in [2.05, 4.69) is 71.9 Å². The molecular weight excluding hydrogens is 514 g/mol. The van der Waals surface area contributed by atoms with Crippen LogP contribution in [0.5, 0.6) is 11.5 Å². The Bertz CT molecular complexity index is 1420. The molecular formula is C34H41N3O4. The number of aromatic nitrogens is 1. The SMILES string of the molecule is Cc1cc(CNCCO)ccc1OCc1ccnc(-c2cccc(COc3ccc(CNCCO)cc3C)c2C)c1. The summed E-state index contributed by atoms with van der Waals surface area (Å²) in [4.78, 5) is 4.66. The minimum Gasteiger partial charge on any atom is -0.489 e. The van der Waals surface area contributed by atoms with Gasteiger partial charge in [-0.25, -0.2) is 0 Å². The van der Waals surface area contributed by atoms with Gasteiger partial charge in [-0.3, -0.25) is 4.98 Å². The summed E-state index contributed by atoms with van der Waals surface area (Å²) in [6.45, 7) is 9.99. The molecule has 0 saturated heterocycles. The van der Waals surface area contributed by atoms with Crippen molar-refractivity contribution >= 4 is 0 Å². The quantitative estimate of drug-likeness (QED) is 0.153. The third-order valence-electron chi connectivity index (χ3n) is 7.04. The van der Waals surface area contributed by atoms with Crippen LogP contribution >= 0.6 is 0 Å². The number of hydrogen-bond acceptors (Lipinski definition) is 7. The lowest BCUT2D eigenvalue weighted by Gasteiger charge is -2.15. The van der Waals surface area contributed by atoms with Crippen molar-refractivity contribution in [2.45, 2.75) is 47.1 Å². The molecule has 7 nitrogen and oxygen atoms in total. The lowest BCUT2D eigenvalue weighted by molar-refractivity contribution is 0.291. The van der Waals surface area contributed by atoms with E-state index in [0.717, 1.165) is 68.2 Å². The van der Waals surface area contributed by atoms with Gasteiger partial charge in [0.2, 0.25) is 0 Å². The number of aliphatic hydroxyl groups excluding tert-OH is 2. The second kappa shape index (κ2) is 15.3. The van der Waals surface area contributed by atoms with Crippen LogP contribution in [-0.2, 0) is 26.3 Å². The number of nitrogens with one attached hydrogen (secondary N) is 2. The maximum atomic E-state index is 8.96. The van der Waals surface area contributed by atoms with E-state index in [4.69, 9.17) is 19.7 Å². The number of nitrogens with zero attached hydrogens (tertiary/aromatic N) is 1. The van der Waals surface area contributed by atoms with E-state index in [0.29, 0.717) is 32.8 Å². The zero-order chi connectivity index (χ0) is 29.0. The van der Waals surface area contributed by atoms with Crippen molar-refractivity contribution in [2.24, 2.45) is 0 Å². The molecule has 0 fully saturated rings. The Morgan fingerprint density at radius 1 is 0.683 bits per heavy atom. The molecule has 4 rings (SSSR count). The van der Waals surface area contributed by atoms with E-state index in [1.54, 1.807) is 0 Å². The number of hydrogen-bond donors (Lipinski definition) is 4. The molecule has 0 atom stereocenters. The van der Waals surface area contributed by atoms with E-state index in [-0.39, 0.29) is 13.2 Å². The molecule has 7 heteroatoms. The van der Waals surface area contributed by atoms with E-state index in [9.17, 15) is 0 Å². The normalized spacial score (nSPS) is 11.0. The molecule has 0 aliphatic rings. The number of rotatable bonds is 15. The zero-order valence-electron chi connectivity index (χ0n) is 24.2. The summed E-state index contributed by atoms with van der Waals surface area (Å²) in [6.07, 6.45) is 1.83. The predicted molar refractivity (Wildman–Crippen MR) is 163 cm³/mol. The first-order valence-electron chi connectivity index (χ1n) is 14.1. The van der Waals surface area contributed by atoms with Gasteiger partial charge in [0.15, 0.2) is 0 Å². The van der Waals surface area contributed by atoms with Gasteiger partial charge in [0.05, 0.1) is 18.9 Å². The molecule has 4 aromatic rings. The largest absolute Gasteiger partial charge is 0.489 e. The third-order valence-corrected chi connectivity index (χ3v) is 7.04. The van der Waals surface area contributed by atoms with Crippen LogP contribution in [-0.4, -0.2) is 41.5 Å². The van der Waals surface area contributed by atoms with Gasteiger partial charge in [0.1, 0.15) is 24.7 Å². The average molecular weight is 556 g/mol. The Morgan fingerprint density at radius 3 is 1.88 bits per heavy atom. The molecule has 0 aliphatic carbocycles. The van der Waals surface area contributed by atoms with Crippen molar-refractivity contribution in [3.8, 4) is 22.8 Å². The number of aliphatic hydroxyl groups is 2. The minimum atomic E-state index is 0.131. The summed E-state index contributed by atoms with van der Waals surface area (Å²) in [5.74, 6) is 1.72. The standard InChI is InChI=1S/C34H41N3O4/c1-24-17-27(20-35-13-15-38)7-9-33(24)40-22-29-11-12-37-32(19-29)31-6-4-5-30(26(31)3)23-41-34-10-8-28(18-25(34)2)21-36-14-16-39/h4-12,17-19,35-36,38-39H,13-16,20-23H2,1-3H3. The van der Waals surface area contributed by atoms with E-state index in [1.165, 1.54) is 0 Å². The first-order valence-corrected chi connectivity index (χ1v) is 14.1. The lowest BCUT2D eigenvalue weighted by atomic mass is 9.99. The first-order chi connectivity index (χ1) is 20.0. The average Bonchev–Trinajstić information content (AvgIpc) is 2.97. The molecule has 0 aliphatic heterocycles. The monoisotopic (exact) mass is 555 g/mol. The minimum absolute atomic E-state index is 0.131. The highest BCUT2D eigenvalue weighted by Crippen LogP contribution is 2.28. The van der Waals surface area contributed by atoms with Crippen molar-refractivity contribution in [2.75, 3.05) is 26.3 Å². The van der Waals surface area contributed by atoms with Gasteiger partial charge >= 0.3 is 0 Å². The molecule has 41 heavy (non-hydrogen) atoms. The molecule has 216 valence electrons. The summed E-state index contributed by atoms with van der Waals surface area (Å²) < 4.78 is 12.4. The highest BCUT2D eigenvalue weighted by atomic mass is 16.5. The van der Waals surface area contributed by atoms with Gasteiger partial charge < -0.3 is 30.3 Å². The Hall–Kier alpha value is -3.75. The van der Waals surface area contributed by atoms with Crippen LogP contribution in [0.25, 0.3) is 11.3 Å². The van der Waals surface area contributed by atoms with Gasteiger partial charge in [-0.2, -0.15) is 0 Å². The van der Waals surface area contributed by atoms with Crippen LogP contribution in [0, 0.1) is 20.8 Å². The van der Waals surface area contributed by atoms with Crippen LogP contribution < -0.4 is 20.1 Å². The van der Waals surface area contributed by atoms with Crippen LogP contribution in [0.3, 0.4) is 0 Å². The first kappa shape index (κ1) is 30.2. The Kier molecular flexibility index (Phi) is 11.3. The molecule has 0 amide bonds. The van der Waals surface area contributed by atoms with Crippen molar-refractivity contribution in [3.63, 3.8) is 0 Å². The van der Waals surface area contributed by atoms with Crippen LogP contribution in [0.15, 0.2) is 72.9 Å². The van der Waals surface area contributed by atoms with Crippen LogP contribution in [0.1, 0.15) is 38.9 Å². The van der Waals surface area contributed by atoms with Crippen molar-refractivity contribution in [3.05, 3.63) is 112 Å². The smallest absolute Gasteiger partial charge is 0.122 e. The highest BCUT2D eigenvalue weighted by Gasteiger charge is 2.11. The Morgan fingerprint density at radius 2 is 1.29 bits per heavy atom. The van der Waals surface area contributed by atoms with Crippen molar-refractivity contribution < 1.29 is 19.7 Å². The van der Waals surface area contributed by atoms with Gasteiger partial charge in [0.25, 0.3) is 0 Å². The van der Waals surface area contributed by atoms with Gasteiger partial charge in [-0.1, -0.05) is 42.5 Å². The Balaban J connectivity index is 1.40. The van der Waals surface area contributed by atoms with Crippen molar-refractivity contribution in [1.82, 2.24) is 15.6 Å². The Labute approximate surface area is 243 Å². The molecule has 4 N–H and O–H groups in total. The van der Waals surface area contributed by atoms with Gasteiger partial charge in [0, 0.05) is 37.9 Å². The number of pyridine rings is 1. The lowest BCUT2D eigenvalue weighted by Crippen LogP contribution is -2.17. The third kappa shape index (κ3) is 8.62. The summed E-state index contributed by atoms with van der Waals surface area (Å²) in [6, 6.07) is 22.7. The summed E-state index contributed by atoms with van der Waals surface area (Å²) in [5, 5.41) is 24.3. The maximum absolute atomic E-state index is 8.96.